The van der Waals surface area contributed by atoms with Crippen LogP contribution in [0.1, 0.15) is 52.9 Å². The minimum Gasteiger partial charge on any atom is -0.460 e. The largest absolute Gasteiger partial charge is 0.460 e. The van der Waals surface area contributed by atoms with Gasteiger partial charge in [-0.05, 0) is 33.6 Å². The monoisotopic (exact) mass is 214 g/mol. The third-order valence-electron chi connectivity index (χ3n) is 2.94. The molecule has 0 heterocycles. The topological polar surface area (TPSA) is 46.5 Å². The Morgan fingerprint density at radius 3 is 2.27 bits per heavy atom. The molecule has 0 aromatic heterocycles. The van der Waals surface area contributed by atoms with Crippen molar-refractivity contribution in [3.63, 3.8) is 0 Å². The molecule has 0 unspecified atom stereocenters. The second-order valence-electron chi connectivity index (χ2n) is 5.63. The molecule has 0 bridgehead atoms. The zero-order valence-electron chi connectivity index (χ0n) is 10.0. The van der Waals surface area contributed by atoms with Gasteiger partial charge in [0.25, 0.3) is 0 Å². The molecule has 1 aliphatic rings. The Kier molecular flexibility index (Phi) is 3.77. The Hall–Kier alpha value is -0.570. The van der Waals surface area contributed by atoms with Crippen molar-refractivity contribution in [3.05, 3.63) is 0 Å². The van der Waals surface area contributed by atoms with Gasteiger partial charge in [0.05, 0.1) is 6.42 Å². The first kappa shape index (κ1) is 12.5. The van der Waals surface area contributed by atoms with Gasteiger partial charge < -0.3 is 9.84 Å². The molecule has 1 rings (SSSR count). The summed E-state index contributed by atoms with van der Waals surface area (Å²) in [7, 11) is 0. The Morgan fingerprint density at radius 2 is 1.87 bits per heavy atom. The first-order chi connectivity index (χ1) is 6.87. The third-order valence-corrected chi connectivity index (χ3v) is 2.94. The molecule has 0 spiro atoms. The van der Waals surface area contributed by atoms with Crippen LogP contribution >= 0.6 is 0 Å². The molecule has 0 radical (unpaired) electrons. The standard InChI is InChI=1S/C12H22O3/c1-11(2,3)15-10(14)8-12(9-13)6-4-5-7-12/h13H,4-9H2,1-3H3. The lowest BCUT2D eigenvalue weighted by Crippen LogP contribution is -2.30. The minimum absolute atomic E-state index is 0.103. The van der Waals surface area contributed by atoms with Crippen LogP contribution in [-0.2, 0) is 9.53 Å². The molecule has 0 atom stereocenters. The van der Waals surface area contributed by atoms with Gasteiger partial charge in [0.2, 0.25) is 0 Å². The van der Waals surface area contributed by atoms with Gasteiger partial charge in [0.1, 0.15) is 5.60 Å². The molecule has 1 aliphatic carbocycles. The lowest BCUT2D eigenvalue weighted by molar-refractivity contribution is -0.158. The van der Waals surface area contributed by atoms with E-state index in [-0.39, 0.29) is 18.0 Å². The maximum atomic E-state index is 11.6. The van der Waals surface area contributed by atoms with E-state index in [4.69, 9.17) is 4.74 Å². The molecule has 0 amide bonds. The summed E-state index contributed by atoms with van der Waals surface area (Å²) in [5.74, 6) is -0.182. The number of aliphatic hydroxyl groups is 1. The lowest BCUT2D eigenvalue weighted by Gasteiger charge is -2.27. The number of aliphatic hydroxyl groups excluding tert-OH is 1. The fourth-order valence-corrected chi connectivity index (χ4v) is 2.20. The summed E-state index contributed by atoms with van der Waals surface area (Å²) in [4.78, 5) is 11.6. The highest BCUT2D eigenvalue weighted by Crippen LogP contribution is 2.41. The Balaban J connectivity index is 2.49. The van der Waals surface area contributed by atoms with Gasteiger partial charge in [-0.2, -0.15) is 0 Å². The van der Waals surface area contributed by atoms with Crippen LogP contribution < -0.4 is 0 Å². The first-order valence-corrected chi connectivity index (χ1v) is 5.70. The average Bonchev–Trinajstić information content (AvgIpc) is 2.50. The first-order valence-electron chi connectivity index (χ1n) is 5.70. The van der Waals surface area contributed by atoms with E-state index in [9.17, 15) is 9.90 Å². The number of carbonyl (C=O) groups is 1. The van der Waals surface area contributed by atoms with Gasteiger partial charge in [-0.1, -0.05) is 12.8 Å². The third kappa shape index (κ3) is 3.82. The van der Waals surface area contributed by atoms with Crippen molar-refractivity contribution in [2.75, 3.05) is 6.61 Å². The van der Waals surface area contributed by atoms with Crippen molar-refractivity contribution >= 4 is 5.97 Å². The summed E-state index contributed by atoms with van der Waals surface area (Å²) < 4.78 is 5.28. The Bertz CT molecular complexity index is 222. The van der Waals surface area contributed by atoms with Crippen molar-refractivity contribution in [1.82, 2.24) is 0 Å². The van der Waals surface area contributed by atoms with Crippen LogP contribution in [0.5, 0.6) is 0 Å². The van der Waals surface area contributed by atoms with E-state index < -0.39 is 5.60 Å². The molecule has 1 fully saturated rings. The highest BCUT2D eigenvalue weighted by molar-refractivity contribution is 5.70. The predicted octanol–water partition coefficient (Wildman–Crippen LogP) is 2.27. The van der Waals surface area contributed by atoms with E-state index in [1.165, 1.54) is 0 Å². The van der Waals surface area contributed by atoms with E-state index in [0.29, 0.717) is 6.42 Å². The number of carbonyl (C=O) groups excluding carboxylic acids is 1. The van der Waals surface area contributed by atoms with E-state index >= 15 is 0 Å². The van der Waals surface area contributed by atoms with Crippen molar-refractivity contribution in [3.8, 4) is 0 Å². The highest BCUT2D eigenvalue weighted by atomic mass is 16.6. The molecule has 0 aliphatic heterocycles. The molecule has 0 aromatic rings. The lowest BCUT2D eigenvalue weighted by atomic mass is 9.84. The fraction of sp³-hybridized carbons (Fsp3) is 0.917. The summed E-state index contributed by atoms with van der Waals surface area (Å²) in [6, 6.07) is 0. The summed E-state index contributed by atoms with van der Waals surface area (Å²) >= 11 is 0. The van der Waals surface area contributed by atoms with E-state index in [2.05, 4.69) is 0 Å². The van der Waals surface area contributed by atoms with Gasteiger partial charge in [-0.3, -0.25) is 4.79 Å². The SMILES string of the molecule is CC(C)(C)OC(=O)CC1(CO)CCCC1. The minimum atomic E-state index is -0.424. The van der Waals surface area contributed by atoms with Crippen LogP contribution in [-0.4, -0.2) is 23.3 Å². The van der Waals surface area contributed by atoms with Crippen molar-refractivity contribution in [2.24, 2.45) is 5.41 Å². The summed E-state index contributed by atoms with van der Waals surface area (Å²) in [5.41, 5.74) is -0.616. The average molecular weight is 214 g/mol. The number of esters is 1. The molecule has 88 valence electrons. The second kappa shape index (κ2) is 4.52. The van der Waals surface area contributed by atoms with Crippen LogP contribution in [0.2, 0.25) is 0 Å². The highest BCUT2D eigenvalue weighted by Gasteiger charge is 2.36. The predicted molar refractivity (Wildman–Crippen MR) is 58.4 cm³/mol. The van der Waals surface area contributed by atoms with Crippen LogP contribution in [0, 0.1) is 5.41 Å². The molecule has 15 heavy (non-hydrogen) atoms. The molecule has 1 saturated carbocycles. The van der Waals surface area contributed by atoms with Gasteiger partial charge in [-0.25, -0.2) is 0 Å². The zero-order valence-corrected chi connectivity index (χ0v) is 10.0. The van der Waals surface area contributed by atoms with Crippen LogP contribution in [0.25, 0.3) is 0 Å². The molecule has 3 heteroatoms. The second-order valence-corrected chi connectivity index (χ2v) is 5.63. The van der Waals surface area contributed by atoms with Crippen LogP contribution in [0.15, 0.2) is 0 Å². The van der Waals surface area contributed by atoms with Crippen LogP contribution in [0.3, 0.4) is 0 Å². The van der Waals surface area contributed by atoms with Gasteiger partial charge in [0.15, 0.2) is 0 Å². The zero-order chi connectivity index (χ0) is 11.5. The fourth-order valence-electron chi connectivity index (χ4n) is 2.20. The molecular formula is C12H22O3. The summed E-state index contributed by atoms with van der Waals surface area (Å²) in [6.45, 7) is 5.70. The van der Waals surface area contributed by atoms with E-state index in [0.717, 1.165) is 25.7 Å². The summed E-state index contributed by atoms with van der Waals surface area (Å²) in [5, 5.41) is 9.36. The molecule has 3 nitrogen and oxygen atoms in total. The molecule has 1 N–H and O–H groups in total. The number of hydrogen-bond donors (Lipinski definition) is 1. The quantitative estimate of drug-likeness (QED) is 0.733. The van der Waals surface area contributed by atoms with E-state index in [1.54, 1.807) is 0 Å². The Morgan fingerprint density at radius 1 is 1.33 bits per heavy atom. The van der Waals surface area contributed by atoms with Crippen LogP contribution in [0.4, 0.5) is 0 Å². The normalized spacial score (nSPS) is 20.3. The van der Waals surface area contributed by atoms with Gasteiger partial charge in [-0.15, -0.1) is 0 Å². The Labute approximate surface area is 91.8 Å². The number of ether oxygens (including phenoxy) is 1. The maximum Gasteiger partial charge on any atom is 0.306 e. The van der Waals surface area contributed by atoms with Crippen molar-refractivity contribution < 1.29 is 14.6 Å². The number of rotatable bonds is 3. The van der Waals surface area contributed by atoms with E-state index in [1.807, 2.05) is 20.8 Å². The van der Waals surface area contributed by atoms with Crippen molar-refractivity contribution in [1.29, 1.82) is 0 Å². The molecule has 0 saturated heterocycles. The molecule has 0 aromatic carbocycles. The van der Waals surface area contributed by atoms with Gasteiger partial charge in [0, 0.05) is 12.0 Å². The maximum absolute atomic E-state index is 11.6. The number of hydrogen-bond acceptors (Lipinski definition) is 3. The molecular weight excluding hydrogens is 192 g/mol. The van der Waals surface area contributed by atoms with Crippen molar-refractivity contribution in [2.45, 2.75) is 58.5 Å². The summed E-state index contributed by atoms with van der Waals surface area (Å²) in [6.07, 6.45) is 4.49. The smallest absolute Gasteiger partial charge is 0.306 e. The van der Waals surface area contributed by atoms with Gasteiger partial charge >= 0.3 is 5.97 Å².